The highest BCUT2D eigenvalue weighted by molar-refractivity contribution is 5.79. The smallest absolute Gasteiger partial charge is 0.416 e. The van der Waals surface area contributed by atoms with Crippen LogP contribution in [-0.2, 0) is 24.1 Å². The zero-order chi connectivity index (χ0) is 24.3. The first-order valence-electron chi connectivity index (χ1n) is 12.0. The van der Waals surface area contributed by atoms with Gasteiger partial charge in [-0.1, -0.05) is 25.3 Å². The molecule has 2 aliphatic rings. The Morgan fingerprint density at radius 1 is 1.18 bits per heavy atom. The number of carbonyl (C=O) groups is 1. The molecule has 1 saturated carbocycles. The Kier molecular flexibility index (Phi) is 7.45. The molecule has 0 atom stereocenters. The summed E-state index contributed by atoms with van der Waals surface area (Å²) in [7, 11) is 1.65. The highest BCUT2D eigenvalue weighted by Crippen LogP contribution is 2.40. The number of hydrogen-bond acceptors (Lipinski definition) is 4. The molecule has 8 heteroatoms. The van der Waals surface area contributed by atoms with Gasteiger partial charge in [0.25, 0.3) is 0 Å². The van der Waals surface area contributed by atoms with Crippen LogP contribution < -0.4 is 10.1 Å². The van der Waals surface area contributed by atoms with Gasteiger partial charge in [0.1, 0.15) is 12.4 Å². The van der Waals surface area contributed by atoms with Crippen molar-refractivity contribution in [2.24, 2.45) is 5.92 Å². The van der Waals surface area contributed by atoms with Gasteiger partial charge >= 0.3 is 6.18 Å². The Balaban J connectivity index is 1.38. The lowest BCUT2D eigenvalue weighted by molar-refractivity contribution is -0.138. The normalized spacial score (nSPS) is 17.9. The molecule has 1 amide bonds. The molecule has 0 radical (unpaired) electrons. The summed E-state index contributed by atoms with van der Waals surface area (Å²) < 4.78 is 47.1. The van der Waals surface area contributed by atoms with Gasteiger partial charge in [0.2, 0.25) is 5.91 Å². The van der Waals surface area contributed by atoms with Crippen molar-refractivity contribution in [1.82, 2.24) is 15.2 Å². The monoisotopic (exact) mass is 475 g/mol. The van der Waals surface area contributed by atoms with E-state index in [0.717, 1.165) is 68.9 Å². The maximum absolute atomic E-state index is 13.8. The molecule has 1 aromatic heterocycles. The first-order chi connectivity index (χ1) is 16.2. The lowest BCUT2D eigenvalue weighted by atomic mass is 9.82. The van der Waals surface area contributed by atoms with Gasteiger partial charge in [-0.05, 0) is 60.6 Å². The fourth-order valence-electron chi connectivity index (χ4n) is 4.98. The van der Waals surface area contributed by atoms with E-state index in [-0.39, 0.29) is 30.0 Å². The van der Waals surface area contributed by atoms with E-state index in [0.29, 0.717) is 11.3 Å². The summed E-state index contributed by atoms with van der Waals surface area (Å²) in [5, 5.41) is 2.68. The van der Waals surface area contributed by atoms with E-state index in [1.54, 1.807) is 7.05 Å². The summed E-state index contributed by atoms with van der Waals surface area (Å²) in [6, 6.07) is 6.85. The quantitative estimate of drug-likeness (QED) is 0.597. The minimum absolute atomic E-state index is 0.0211. The largest absolute Gasteiger partial charge is 0.487 e. The molecule has 2 fully saturated rings. The minimum atomic E-state index is -4.41. The van der Waals surface area contributed by atoms with Crippen LogP contribution in [0.15, 0.2) is 30.5 Å². The molecule has 0 spiro atoms. The lowest BCUT2D eigenvalue weighted by Crippen LogP contribution is -2.52. The highest BCUT2D eigenvalue weighted by atomic mass is 19.4. The minimum Gasteiger partial charge on any atom is -0.487 e. The molecular formula is C26H32F3N3O2. The number of nitrogens with one attached hydrogen (secondary N) is 1. The van der Waals surface area contributed by atoms with Crippen LogP contribution in [0.1, 0.15) is 66.0 Å². The van der Waals surface area contributed by atoms with Crippen LogP contribution in [0.3, 0.4) is 0 Å². The molecular weight excluding hydrogens is 443 g/mol. The zero-order valence-electron chi connectivity index (χ0n) is 19.8. The van der Waals surface area contributed by atoms with Gasteiger partial charge in [-0.3, -0.25) is 14.7 Å². The van der Waals surface area contributed by atoms with Gasteiger partial charge in [0.15, 0.2) is 0 Å². The van der Waals surface area contributed by atoms with Gasteiger partial charge in [-0.25, -0.2) is 0 Å². The second-order valence-corrected chi connectivity index (χ2v) is 9.48. The molecule has 1 aliphatic heterocycles. The number of benzene rings is 1. The number of hydrogen-bond donors (Lipinski definition) is 1. The fourth-order valence-corrected chi connectivity index (χ4v) is 4.98. The number of carbonyl (C=O) groups excluding carboxylic acids is 1. The van der Waals surface area contributed by atoms with E-state index >= 15 is 0 Å². The summed E-state index contributed by atoms with van der Waals surface area (Å²) in [4.78, 5) is 18.2. The van der Waals surface area contributed by atoms with Crippen molar-refractivity contribution in [2.75, 3.05) is 20.1 Å². The molecule has 1 aromatic carbocycles. The number of aromatic nitrogens is 1. The van der Waals surface area contributed by atoms with Crippen molar-refractivity contribution in [3.8, 4) is 5.75 Å². The summed E-state index contributed by atoms with van der Waals surface area (Å²) in [6.07, 6.45) is 1.60. The molecule has 1 N–H and O–H groups in total. The maximum Gasteiger partial charge on any atom is 0.416 e. The third-order valence-electron chi connectivity index (χ3n) is 7.01. The second kappa shape index (κ2) is 10.3. The number of halogens is 3. The highest BCUT2D eigenvalue weighted by Gasteiger charge is 2.36. The van der Waals surface area contributed by atoms with E-state index in [1.165, 1.54) is 6.20 Å². The molecule has 184 valence electrons. The molecule has 2 aromatic rings. The maximum atomic E-state index is 13.8. The Morgan fingerprint density at radius 2 is 1.91 bits per heavy atom. The van der Waals surface area contributed by atoms with Gasteiger partial charge < -0.3 is 10.1 Å². The van der Waals surface area contributed by atoms with Crippen LogP contribution in [0.5, 0.6) is 5.75 Å². The number of nitrogens with zero attached hydrogens (tertiary/aromatic N) is 2. The van der Waals surface area contributed by atoms with Gasteiger partial charge in [-0.2, -0.15) is 13.2 Å². The number of aryl methyl sites for hydroxylation is 1. The van der Waals surface area contributed by atoms with Crippen LogP contribution in [0.4, 0.5) is 13.2 Å². The number of alkyl halides is 3. The molecule has 4 rings (SSSR count). The Morgan fingerprint density at radius 3 is 2.56 bits per heavy atom. The SMILES string of the molecule is CNC(=O)C1CN(Cc2ccc(OCc3cc(C(F)(F)F)c(C4CCCCC4)cn3)cc2C)C1. The first kappa shape index (κ1) is 24.5. The third kappa shape index (κ3) is 5.71. The van der Waals surface area contributed by atoms with Crippen molar-refractivity contribution >= 4 is 5.91 Å². The van der Waals surface area contributed by atoms with Crippen LogP contribution in [0.25, 0.3) is 0 Å². The van der Waals surface area contributed by atoms with E-state index in [2.05, 4.69) is 15.2 Å². The molecule has 0 bridgehead atoms. The number of rotatable bonds is 7. The van der Waals surface area contributed by atoms with E-state index in [4.69, 9.17) is 4.74 Å². The average Bonchev–Trinajstić information content (AvgIpc) is 2.80. The number of ether oxygens (including phenoxy) is 1. The van der Waals surface area contributed by atoms with E-state index in [9.17, 15) is 18.0 Å². The van der Waals surface area contributed by atoms with Crippen molar-refractivity contribution in [2.45, 2.75) is 64.3 Å². The molecule has 2 heterocycles. The molecule has 34 heavy (non-hydrogen) atoms. The number of likely N-dealkylation sites (tertiary alicyclic amines) is 1. The number of amides is 1. The Labute approximate surface area is 198 Å². The van der Waals surface area contributed by atoms with Gasteiger partial charge in [0.05, 0.1) is 17.2 Å². The molecule has 5 nitrogen and oxygen atoms in total. The summed E-state index contributed by atoms with van der Waals surface area (Å²) in [5.41, 5.74) is 2.19. The Bertz CT molecular complexity index is 1010. The first-order valence-corrected chi connectivity index (χ1v) is 12.0. The van der Waals surface area contributed by atoms with Crippen molar-refractivity contribution in [3.05, 3.63) is 58.4 Å². The van der Waals surface area contributed by atoms with Crippen molar-refractivity contribution in [3.63, 3.8) is 0 Å². The topological polar surface area (TPSA) is 54.5 Å². The summed E-state index contributed by atoms with van der Waals surface area (Å²) >= 11 is 0. The molecule has 1 aliphatic carbocycles. The standard InChI is InChI=1S/C26H32F3N3O2/c1-17-10-22(9-8-19(17)13-32-14-20(15-32)25(33)30-2)34-16-21-11-24(26(27,28)29)23(12-31-21)18-6-4-3-5-7-18/h8-12,18,20H,3-7,13-16H2,1-2H3,(H,30,33). The zero-order valence-corrected chi connectivity index (χ0v) is 19.8. The van der Waals surface area contributed by atoms with Crippen LogP contribution >= 0.6 is 0 Å². The van der Waals surface area contributed by atoms with Crippen LogP contribution in [-0.4, -0.2) is 35.9 Å². The average molecular weight is 476 g/mol. The van der Waals surface area contributed by atoms with Gasteiger partial charge in [0, 0.05) is 32.9 Å². The summed E-state index contributed by atoms with van der Waals surface area (Å²) in [5.74, 6) is 0.651. The van der Waals surface area contributed by atoms with Crippen molar-refractivity contribution < 1.29 is 22.7 Å². The predicted octanol–water partition coefficient (Wildman–Crippen LogP) is 5.21. The summed E-state index contributed by atoms with van der Waals surface area (Å²) in [6.45, 7) is 4.19. The van der Waals surface area contributed by atoms with Crippen LogP contribution in [0.2, 0.25) is 0 Å². The van der Waals surface area contributed by atoms with Gasteiger partial charge in [-0.15, -0.1) is 0 Å². The lowest BCUT2D eigenvalue weighted by Gasteiger charge is -2.38. The number of pyridine rings is 1. The fraction of sp³-hybridized carbons (Fsp3) is 0.538. The third-order valence-corrected chi connectivity index (χ3v) is 7.01. The Hall–Kier alpha value is -2.61. The van der Waals surface area contributed by atoms with E-state index < -0.39 is 11.7 Å². The van der Waals surface area contributed by atoms with Crippen molar-refractivity contribution in [1.29, 1.82) is 0 Å². The second-order valence-electron chi connectivity index (χ2n) is 9.48. The predicted molar refractivity (Wildman–Crippen MR) is 123 cm³/mol. The van der Waals surface area contributed by atoms with E-state index in [1.807, 2.05) is 25.1 Å². The molecule has 0 unspecified atom stereocenters. The van der Waals surface area contributed by atoms with Crippen LogP contribution in [0, 0.1) is 12.8 Å². The molecule has 1 saturated heterocycles.